The predicted molar refractivity (Wildman–Crippen MR) is 79.6 cm³/mol. The molecular weight excluding hydrogens is 254 g/mol. The second kappa shape index (κ2) is 5.40. The lowest BCUT2D eigenvalue weighted by atomic mass is 10.2. The van der Waals surface area contributed by atoms with Gasteiger partial charge in [0.15, 0.2) is 0 Å². The summed E-state index contributed by atoms with van der Waals surface area (Å²) in [6.07, 6.45) is 3.77. The molecule has 0 fully saturated rings. The van der Waals surface area contributed by atoms with Crippen LogP contribution in [-0.2, 0) is 13.6 Å². The molecule has 0 bridgehead atoms. The van der Waals surface area contributed by atoms with Crippen LogP contribution in [-0.4, -0.2) is 20.4 Å². The Morgan fingerprint density at radius 3 is 2.70 bits per heavy atom. The zero-order chi connectivity index (χ0) is 14.8. The van der Waals surface area contributed by atoms with Crippen molar-refractivity contribution in [1.29, 1.82) is 0 Å². The van der Waals surface area contributed by atoms with Gasteiger partial charge in [0.2, 0.25) is 5.88 Å². The van der Waals surface area contributed by atoms with Gasteiger partial charge in [-0.25, -0.2) is 0 Å². The average molecular weight is 275 g/mol. The molecule has 0 radical (unpaired) electrons. The molecule has 2 aromatic rings. The Morgan fingerprint density at radius 1 is 1.35 bits per heavy atom. The largest absolute Gasteiger partial charge is 0.470 e. The molecule has 0 unspecified atom stereocenters. The molecule has 6 nitrogen and oxygen atoms in total. The van der Waals surface area contributed by atoms with Crippen LogP contribution < -0.4 is 15.8 Å². The van der Waals surface area contributed by atoms with Gasteiger partial charge in [-0.1, -0.05) is 0 Å². The van der Waals surface area contributed by atoms with E-state index in [9.17, 15) is 0 Å². The summed E-state index contributed by atoms with van der Waals surface area (Å²) in [5, 5.41) is 7.35. The second-order valence-electron chi connectivity index (χ2n) is 5.68. The highest BCUT2D eigenvalue weighted by molar-refractivity contribution is 5.53. The van der Waals surface area contributed by atoms with Crippen molar-refractivity contribution >= 4 is 11.5 Å². The van der Waals surface area contributed by atoms with Gasteiger partial charge in [0.1, 0.15) is 11.4 Å². The van der Waals surface area contributed by atoms with Gasteiger partial charge in [-0.2, -0.15) is 10.1 Å². The van der Waals surface area contributed by atoms with E-state index < -0.39 is 0 Å². The van der Waals surface area contributed by atoms with E-state index in [0.29, 0.717) is 18.1 Å². The summed E-state index contributed by atoms with van der Waals surface area (Å²) in [7, 11) is 1.89. The Morgan fingerprint density at radius 2 is 2.10 bits per heavy atom. The third-order valence-corrected chi connectivity index (χ3v) is 2.52. The van der Waals surface area contributed by atoms with E-state index in [1.807, 2.05) is 46.3 Å². The fraction of sp³-hybridized carbons (Fsp3) is 0.429. The summed E-state index contributed by atoms with van der Waals surface area (Å²) >= 11 is 0. The lowest BCUT2D eigenvalue weighted by Gasteiger charge is -2.21. The van der Waals surface area contributed by atoms with Crippen LogP contribution in [0.15, 0.2) is 24.5 Å². The molecule has 0 aliphatic rings. The van der Waals surface area contributed by atoms with Crippen LogP contribution in [0.5, 0.6) is 5.88 Å². The number of nitrogens with two attached hydrogens (primary N) is 1. The molecule has 2 heterocycles. The molecule has 0 aromatic carbocycles. The molecular formula is C14H21N5O. The molecule has 3 N–H and O–H groups in total. The van der Waals surface area contributed by atoms with Crippen LogP contribution in [0.4, 0.5) is 11.5 Å². The Kier molecular flexibility index (Phi) is 3.83. The molecule has 108 valence electrons. The molecule has 0 amide bonds. The second-order valence-corrected chi connectivity index (χ2v) is 5.68. The molecule has 0 aliphatic carbocycles. The number of nitrogens with zero attached hydrogens (tertiary/aromatic N) is 3. The van der Waals surface area contributed by atoms with E-state index in [0.717, 1.165) is 11.4 Å². The summed E-state index contributed by atoms with van der Waals surface area (Å²) in [5.74, 6) is 1.18. The maximum absolute atomic E-state index is 5.88. The number of hydrogen-bond donors (Lipinski definition) is 2. The van der Waals surface area contributed by atoms with Crippen molar-refractivity contribution in [3.8, 4) is 5.88 Å². The Bertz CT molecular complexity index is 585. The van der Waals surface area contributed by atoms with Crippen molar-refractivity contribution in [3.05, 3.63) is 30.1 Å². The van der Waals surface area contributed by atoms with Crippen molar-refractivity contribution in [2.45, 2.75) is 32.9 Å². The maximum atomic E-state index is 5.88. The first kappa shape index (κ1) is 14.2. The lowest BCUT2D eigenvalue weighted by molar-refractivity contribution is 0.125. The van der Waals surface area contributed by atoms with Crippen molar-refractivity contribution in [2.24, 2.45) is 7.05 Å². The van der Waals surface area contributed by atoms with Crippen LogP contribution in [0.3, 0.4) is 0 Å². The van der Waals surface area contributed by atoms with Gasteiger partial charge < -0.3 is 15.8 Å². The SMILES string of the molecule is Cn1cc(CNc2ccc(N)c(OC(C)(C)C)n2)cn1. The van der Waals surface area contributed by atoms with Crippen LogP contribution >= 0.6 is 0 Å². The molecule has 0 saturated carbocycles. The number of anilines is 2. The first-order valence-electron chi connectivity index (χ1n) is 6.50. The van der Waals surface area contributed by atoms with Crippen LogP contribution in [0.25, 0.3) is 0 Å². The first-order chi connectivity index (χ1) is 9.33. The minimum Gasteiger partial charge on any atom is -0.470 e. The number of ether oxygens (including phenoxy) is 1. The minimum atomic E-state index is -0.330. The first-order valence-corrected chi connectivity index (χ1v) is 6.50. The molecule has 0 aliphatic heterocycles. The number of aryl methyl sites for hydroxylation is 1. The van der Waals surface area contributed by atoms with Gasteiger partial charge in [0, 0.05) is 25.4 Å². The van der Waals surface area contributed by atoms with E-state index in [1.54, 1.807) is 10.7 Å². The maximum Gasteiger partial charge on any atom is 0.239 e. The Hall–Kier alpha value is -2.24. The number of hydrogen-bond acceptors (Lipinski definition) is 5. The quantitative estimate of drug-likeness (QED) is 0.894. The summed E-state index contributed by atoms with van der Waals surface area (Å²) in [5.41, 5.74) is 7.17. The standard InChI is InChI=1S/C14H21N5O/c1-14(2,3)20-13-11(15)5-6-12(18-13)16-7-10-8-17-19(4)9-10/h5-6,8-9H,7,15H2,1-4H3,(H,16,18). The lowest BCUT2D eigenvalue weighted by Crippen LogP contribution is -2.24. The van der Waals surface area contributed by atoms with E-state index in [4.69, 9.17) is 10.5 Å². The number of pyridine rings is 1. The topological polar surface area (TPSA) is 78.0 Å². The van der Waals surface area contributed by atoms with Gasteiger partial charge in [-0.3, -0.25) is 4.68 Å². The molecule has 2 rings (SSSR count). The smallest absolute Gasteiger partial charge is 0.239 e. The average Bonchev–Trinajstić information content (AvgIpc) is 2.74. The minimum absolute atomic E-state index is 0.330. The van der Waals surface area contributed by atoms with Crippen molar-refractivity contribution in [3.63, 3.8) is 0 Å². The highest BCUT2D eigenvalue weighted by atomic mass is 16.5. The van der Waals surface area contributed by atoms with Gasteiger partial charge in [-0.05, 0) is 32.9 Å². The number of aromatic nitrogens is 3. The summed E-state index contributed by atoms with van der Waals surface area (Å²) in [4.78, 5) is 4.39. The van der Waals surface area contributed by atoms with Crippen LogP contribution in [0, 0.1) is 0 Å². The van der Waals surface area contributed by atoms with Crippen molar-refractivity contribution < 1.29 is 4.74 Å². The molecule has 0 saturated heterocycles. The van der Waals surface area contributed by atoms with E-state index in [2.05, 4.69) is 15.4 Å². The van der Waals surface area contributed by atoms with Crippen molar-refractivity contribution in [2.75, 3.05) is 11.1 Å². The third kappa shape index (κ3) is 3.88. The van der Waals surface area contributed by atoms with E-state index >= 15 is 0 Å². The fourth-order valence-electron chi connectivity index (χ4n) is 1.68. The Labute approximate surface area is 119 Å². The summed E-state index contributed by atoms with van der Waals surface area (Å²) < 4.78 is 7.50. The Balaban J connectivity index is 2.07. The monoisotopic (exact) mass is 275 g/mol. The molecule has 2 aromatic heterocycles. The normalized spacial score (nSPS) is 11.4. The van der Waals surface area contributed by atoms with Crippen LogP contribution in [0.1, 0.15) is 26.3 Å². The van der Waals surface area contributed by atoms with Gasteiger partial charge >= 0.3 is 0 Å². The number of nitrogens with one attached hydrogen (secondary N) is 1. The van der Waals surface area contributed by atoms with Crippen molar-refractivity contribution in [1.82, 2.24) is 14.8 Å². The zero-order valence-electron chi connectivity index (χ0n) is 12.3. The predicted octanol–water partition coefficient (Wildman–Crippen LogP) is 2.19. The number of nitrogen functional groups attached to an aromatic ring is 1. The summed E-state index contributed by atoms with van der Waals surface area (Å²) in [6, 6.07) is 3.63. The van der Waals surface area contributed by atoms with E-state index in [-0.39, 0.29) is 5.60 Å². The number of rotatable bonds is 4. The molecule has 0 spiro atoms. The van der Waals surface area contributed by atoms with Gasteiger partial charge in [-0.15, -0.1) is 0 Å². The van der Waals surface area contributed by atoms with Gasteiger partial charge in [0.05, 0.1) is 11.9 Å². The molecule has 0 atom stereocenters. The van der Waals surface area contributed by atoms with E-state index in [1.165, 1.54) is 0 Å². The molecule has 20 heavy (non-hydrogen) atoms. The van der Waals surface area contributed by atoms with Crippen LogP contribution in [0.2, 0.25) is 0 Å². The highest BCUT2D eigenvalue weighted by Gasteiger charge is 2.15. The van der Waals surface area contributed by atoms with Gasteiger partial charge in [0.25, 0.3) is 0 Å². The summed E-state index contributed by atoms with van der Waals surface area (Å²) in [6.45, 7) is 6.54. The highest BCUT2D eigenvalue weighted by Crippen LogP contribution is 2.25. The third-order valence-electron chi connectivity index (χ3n) is 2.52. The molecule has 6 heteroatoms. The zero-order valence-corrected chi connectivity index (χ0v) is 12.3. The fourth-order valence-corrected chi connectivity index (χ4v) is 1.68.